The molecule has 0 saturated heterocycles. The van der Waals surface area contributed by atoms with Crippen LogP contribution in [-0.4, -0.2) is 4.98 Å². The van der Waals surface area contributed by atoms with Crippen LogP contribution in [0.3, 0.4) is 0 Å². The highest BCUT2D eigenvalue weighted by Gasteiger charge is 2.03. The van der Waals surface area contributed by atoms with Crippen LogP contribution in [0.2, 0.25) is 0 Å². The Balaban J connectivity index is 2.08. The molecule has 2 aromatic rings. The SMILES string of the molecule is CCC(N)c1ccc(Nc2ccccc2)nc1. The van der Waals surface area contributed by atoms with Crippen molar-refractivity contribution < 1.29 is 0 Å². The van der Waals surface area contributed by atoms with E-state index in [1.807, 2.05) is 48.7 Å². The zero-order chi connectivity index (χ0) is 12.1. The Morgan fingerprint density at radius 3 is 2.53 bits per heavy atom. The Kier molecular flexibility index (Phi) is 3.73. The smallest absolute Gasteiger partial charge is 0.130 e. The molecule has 0 aliphatic rings. The number of para-hydroxylation sites is 1. The lowest BCUT2D eigenvalue weighted by Gasteiger charge is -2.10. The molecule has 1 aromatic heterocycles. The van der Waals surface area contributed by atoms with Gasteiger partial charge in [0.15, 0.2) is 0 Å². The van der Waals surface area contributed by atoms with E-state index in [1.54, 1.807) is 0 Å². The summed E-state index contributed by atoms with van der Waals surface area (Å²) in [5.41, 5.74) is 8.05. The van der Waals surface area contributed by atoms with Gasteiger partial charge >= 0.3 is 0 Å². The molecule has 3 heteroatoms. The molecule has 1 atom stereocenters. The molecule has 1 aromatic carbocycles. The third-order valence-electron chi connectivity index (χ3n) is 2.70. The molecule has 0 aliphatic carbocycles. The van der Waals surface area contributed by atoms with E-state index in [2.05, 4.69) is 17.2 Å². The number of anilines is 2. The predicted octanol–water partition coefficient (Wildman–Crippen LogP) is 3.24. The second kappa shape index (κ2) is 5.46. The molecule has 88 valence electrons. The number of nitrogens with one attached hydrogen (secondary N) is 1. The Labute approximate surface area is 102 Å². The van der Waals surface area contributed by atoms with Crippen LogP contribution < -0.4 is 11.1 Å². The normalized spacial score (nSPS) is 12.1. The first-order valence-electron chi connectivity index (χ1n) is 5.83. The van der Waals surface area contributed by atoms with Gasteiger partial charge in [-0.15, -0.1) is 0 Å². The fraction of sp³-hybridized carbons (Fsp3) is 0.214. The van der Waals surface area contributed by atoms with Crippen LogP contribution in [0.1, 0.15) is 24.9 Å². The zero-order valence-corrected chi connectivity index (χ0v) is 9.93. The number of hydrogen-bond donors (Lipinski definition) is 2. The van der Waals surface area contributed by atoms with Crippen LogP contribution in [0, 0.1) is 0 Å². The minimum atomic E-state index is 0.0771. The van der Waals surface area contributed by atoms with Crippen LogP contribution in [-0.2, 0) is 0 Å². The maximum atomic E-state index is 5.94. The molecule has 0 saturated carbocycles. The van der Waals surface area contributed by atoms with Crippen molar-refractivity contribution in [1.82, 2.24) is 4.98 Å². The van der Waals surface area contributed by atoms with Gasteiger partial charge in [-0.1, -0.05) is 31.2 Å². The molecular weight excluding hydrogens is 210 g/mol. The Bertz CT molecular complexity index is 451. The van der Waals surface area contributed by atoms with Gasteiger partial charge in [0.1, 0.15) is 5.82 Å². The van der Waals surface area contributed by atoms with Gasteiger partial charge in [-0.3, -0.25) is 0 Å². The highest BCUT2D eigenvalue weighted by atomic mass is 15.0. The van der Waals surface area contributed by atoms with Gasteiger partial charge in [0.25, 0.3) is 0 Å². The molecule has 0 radical (unpaired) electrons. The second-order valence-corrected chi connectivity index (χ2v) is 3.98. The number of aromatic nitrogens is 1. The number of nitrogens with two attached hydrogens (primary N) is 1. The van der Waals surface area contributed by atoms with Crippen molar-refractivity contribution in [3.8, 4) is 0 Å². The molecule has 0 amide bonds. The van der Waals surface area contributed by atoms with E-state index in [-0.39, 0.29) is 6.04 Å². The van der Waals surface area contributed by atoms with Gasteiger partial charge in [-0.2, -0.15) is 0 Å². The third kappa shape index (κ3) is 3.04. The lowest BCUT2D eigenvalue weighted by atomic mass is 10.1. The first kappa shape index (κ1) is 11.6. The number of pyridine rings is 1. The van der Waals surface area contributed by atoms with Crippen molar-refractivity contribution in [2.45, 2.75) is 19.4 Å². The summed E-state index contributed by atoms with van der Waals surface area (Å²) in [4.78, 5) is 4.35. The number of benzene rings is 1. The summed E-state index contributed by atoms with van der Waals surface area (Å²) in [5.74, 6) is 0.836. The fourth-order valence-electron chi connectivity index (χ4n) is 1.60. The Morgan fingerprint density at radius 2 is 1.94 bits per heavy atom. The van der Waals surface area contributed by atoms with Gasteiger partial charge in [-0.25, -0.2) is 4.98 Å². The molecule has 0 aliphatic heterocycles. The molecule has 1 unspecified atom stereocenters. The fourth-order valence-corrected chi connectivity index (χ4v) is 1.60. The summed E-state index contributed by atoms with van der Waals surface area (Å²) < 4.78 is 0. The second-order valence-electron chi connectivity index (χ2n) is 3.98. The quantitative estimate of drug-likeness (QED) is 0.843. The largest absolute Gasteiger partial charge is 0.340 e. The van der Waals surface area contributed by atoms with E-state index in [9.17, 15) is 0 Å². The van der Waals surface area contributed by atoms with Crippen LogP contribution in [0.5, 0.6) is 0 Å². The average molecular weight is 227 g/mol. The first-order chi connectivity index (χ1) is 8.29. The van der Waals surface area contributed by atoms with Crippen molar-refractivity contribution in [3.05, 3.63) is 54.2 Å². The predicted molar refractivity (Wildman–Crippen MR) is 71.2 cm³/mol. The van der Waals surface area contributed by atoms with Crippen molar-refractivity contribution in [2.24, 2.45) is 5.73 Å². The van der Waals surface area contributed by atoms with Crippen LogP contribution in [0.15, 0.2) is 48.7 Å². The van der Waals surface area contributed by atoms with Crippen molar-refractivity contribution in [2.75, 3.05) is 5.32 Å². The Hall–Kier alpha value is -1.87. The standard InChI is InChI=1S/C14H17N3/c1-2-13(15)11-8-9-14(16-10-11)17-12-6-4-3-5-7-12/h3-10,13H,2,15H2,1H3,(H,16,17). The van der Waals surface area contributed by atoms with Crippen molar-refractivity contribution in [3.63, 3.8) is 0 Å². The van der Waals surface area contributed by atoms with E-state index >= 15 is 0 Å². The van der Waals surface area contributed by atoms with E-state index in [4.69, 9.17) is 5.73 Å². The minimum absolute atomic E-state index is 0.0771. The average Bonchev–Trinajstić information content (AvgIpc) is 2.40. The molecule has 17 heavy (non-hydrogen) atoms. The van der Waals surface area contributed by atoms with Gasteiger partial charge in [0.05, 0.1) is 0 Å². The maximum absolute atomic E-state index is 5.94. The zero-order valence-electron chi connectivity index (χ0n) is 9.93. The van der Waals surface area contributed by atoms with Gasteiger partial charge in [-0.05, 0) is 30.2 Å². The van der Waals surface area contributed by atoms with Gasteiger partial charge in [0.2, 0.25) is 0 Å². The first-order valence-corrected chi connectivity index (χ1v) is 5.83. The Morgan fingerprint density at radius 1 is 1.18 bits per heavy atom. The van der Waals surface area contributed by atoms with Crippen LogP contribution >= 0.6 is 0 Å². The molecule has 0 bridgehead atoms. The summed E-state index contributed by atoms with van der Waals surface area (Å²) in [7, 11) is 0. The van der Waals surface area contributed by atoms with Gasteiger partial charge < -0.3 is 11.1 Å². The van der Waals surface area contributed by atoms with E-state index in [0.29, 0.717) is 0 Å². The molecule has 3 N–H and O–H groups in total. The third-order valence-corrected chi connectivity index (χ3v) is 2.70. The summed E-state index contributed by atoms with van der Waals surface area (Å²) in [6, 6.07) is 14.0. The summed E-state index contributed by atoms with van der Waals surface area (Å²) in [6.07, 6.45) is 2.76. The highest BCUT2D eigenvalue weighted by Crippen LogP contribution is 2.17. The van der Waals surface area contributed by atoms with E-state index in [1.165, 1.54) is 0 Å². The number of hydrogen-bond acceptors (Lipinski definition) is 3. The highest BCUT2D eigenvalue weighted by molar-refractivity contribution is 5.55. The van der Waals surface area contributed by atoms with Crippen LogP contribution in [0.4, 0.5) is 11.5 Å². The lowest BCUT2D eigenvalue weighted by molar-refractivity contribution is 0.695. The monoisotopic (exact) mass is 227 g/mol. The van der Waals surface area contributed by atoms with Gasteiger partial charge in [0, 0.05) is 17.9 Å². The molecule has 1 heterocycles. The van der Waals surface area contributed by atoms with E-state index < -0.39 is 0 Å². The number of rotatable bonds is 4. The molecule has 0 fully saturated rings. The summed E-state index contributed by atoms with van der Waals surface area (Å²) in [5, 5.41) is 3.24. The molecular formula is C14H17N3. The van der Waals surface area contributed by atoms with Crippen molar-refractivity contribution >= 4 is 11.5 Å². The molecule has 3 nitrogen and oxygen atoms in total. The lowest BCUT2D eigenvalue weighted by Crippen LogP contribution is -2.09. The van der Waals surface area contributed by atoms with Crippen molar-refractivity contribution in [1.29, 1.82) is 0 Å². The van der Waals surface area contributed by atoms with E-state index in [0.717, 1.165) is 23.5 Å². The summed E-state index contributed by atoms with van der Waals surface area (Å²) >= 11 is 0. The molecule has 2 rings (SSSR count). The summed E-state index contributed by atoms with van der Waals surface area (Å²) in [6.45, 7) is 2.07. The van der Waals surface area contributed by atoms with Crippen LogP contribution in [0.25, 0.3) is 0 Å². The maximum Gasteiger partial charge on any atom is 0.130 e. The minimum Gasteiger partial charge on any atom is -0.340 e. The molecule has 0 spiro atoms. The topological polar surface area (TPSA) is 50.9 Å². The number of nitrogens with zero attached hydrogens (tertiary/aromatic N) is 1.